The molecule has 0 amide bonds. The second-order valence-electron chi connectivity index (χ2n) is 4.75. The first-order valence-electron chi connectivity index (χ1n) is 6.77. The minimum absolute atomic E-state index is 0.0246. The van der Waals surface area contributed by atoms with Crippen LogP contribution in [0.4, 0.5) is 0 Å². The topological polar surface area (TPSA) is 78.4 Å². The molecule has 0 saturated heterocycles. The summed E-state index contributed by atoms with van der Waals surface area (Å²) in [7, 11) is 0. The first kappa shape index (κ1) is 15.1. The van der Waals surface area contributed by atoms with Gasteiger partial charge in [0, 0.05) is 6.54 Å². The van der Waals surface area contributed by atoms with E-state index in [1.807, 2.05) is 25.1 Å². The van der Waals surface area contributed by atoms with E-state index in [0.29, 0.717) is 17.9 Å². The van der Waals surface area contributed by atoms with Crippen molar-refractivity contribution in [3.8, 4) is 11.8 Å². The molecule has 5 nitrogen and oxygen atoms in total. The molecule has 1 aromatic heterocycles. The van der Waals surface area contributed by atoms with Crippen LogP contribution in [0, 0.1) is 11.3 Å². The van der Waals surface area contributed by atoms with Crippen LogP contribution in [0.5, 0.6) is 5.75 Å². The van der Waals surface area contributed by atoms with E-state index in [-0.39, 0.29) is 12.6 Å². The zero-order valence-electron chi connectivity index (χ0n) is 11.8. The van der Waals surface area contributed by atoms with Gasteiger partial charge in [0.1, 0.15) is 24.2 Å². The number of aliphatic hydroxyl groups is 1. The minimum atomic E-state index is -0.645. The Balaban J connectivity index is 1.74. The fourth-order valence-corrected chi connectivity index (χ4v) is 1.86. The Morgan fingerprint density at radius 1 is 1.38 bits per heavy atom. The Kier molecular flexibility index (Phi) is 5.38. The molecule has 2 aromatic rings. The maximum atomic E-state index is 9.90. The number of hydrogen-bond acceptors (Lipinski definition) is 5. The minimum Gasteiger partial charge on any atom is -0.491 e. The molecule has 0 aliphatic heterocycles. The predicted molar refractivity (Wildman–Crippen MR) is 77.8 cm³/mol. The third-order valence-electron chi connectivity index (χ3n) is 3.04. The zero-order valence-corrected chi connectivity index (χ0v) is 11.8. The number of ether oxygens (including phenoxy) is 1. The Morgan fingerprint density at radius 3 is 2.95 bits per heavy atom. The molecule has 2 rings (SSSR count). The highest BCUT2D eigenvalue weighted by atomic mass is 16.5. The van der Waals surface area contributed by atoms with Crippen molar-refractivity contribution in [3.05, 3.63) is 54.0 Å². The smallest absolute Gasteiger partial charge is 0.120 e. The highest BCUT2D eigenvalue weighted by Gasteiger charge is 2.11. The van der Waals surface area contributed by atoms with Gasteiger partial charge in [-0.3, -0.25) is 0 Å². The lowest BCUT2D eigenvalue weighted by Crippen LogP contribution is -2.32. The summed E-state index contributed by atoms with van der Waals surface area (Å²) in [6, 6.07) is 12.6. The van der Waals surface area contributed by atoms with Crippen LogP contribution in [0.3, 0.4) is 0 Å². The number of rotatable bonds is 7. The Labute approximate surface area is 123 Å². The second-order valence-corrected chi connectivity index (χ2v) is 4.75. The van der Waals surface area contributed by atoms with Crippen LogP contribution in [0.1, 0.15) is 24.3 Å². The van der Waals surface area contributed by atoms with Gasteiger partial charge in [0.15, 0.2) is 0 Å². The predicted octanol–water partition coefficient (Wildman–Crippen LogP) is 2.24. The second kappa shape index (κ2) is 7.48. The van der Waals surface area contributed by atoms with Crippen LogP contribution in [0.2, 0.25) is 0 Å². The molecule has 1 aromatic carbocycles. The lowest BCUT2D eigenvalue weighted by Gasteiger charge is -2.16. The van der Waals surface area contributed by atoms with Crippen molar-refractivity contribution in [2.24, 2.45) is 0 Å². The van der Waals surface area contributed by atoms with Gasteiger partial charge in [0.05, 0.1) is 23.9 Å². The van der Waals surface area contributed by atoms with Crippen molar-refractivity contribution in [1.29, 1.82) is 5.26 Å². The number of nitrogens with zero attached hydrogens (tertiary/aromatic N) is 1. The van der Waals surface area contributed by atoms with Gasteiger partial charge in [-0.2, -0.15) is 5.26 Å². The molecule has 2 atom stereocenters. The average molecular weight is 286 g/mol. The van der Waals surface area contributed by atoms with Gasteiger partial charge >= 0.3 is 0 Å². The Hall–Kier alpha value is -2.29. The molecule has 0 bridgehead atoms. The van der Waals surface area contributed by atoms with Gasteiger partial charge < -0.3 is 19.6 Å². The van der Waals surface area contributed by atoms with Crippen LogP contribution in [0.15, 0.2) is 47.1 Å². The number of benzene rings is 1. The highest BCUT2D eigenvalue weighted by molar-refractivity contribution is 5.36. The van der Waals surface area contributed by atoms with E-state index in [4.69, 9.17) is 14.4 Å². The molecular weight excluding hydrogens is 268 g/mol. The van der Waals surface area contributed by atoms with Crippen molar-refractivity contribution in [1.82, 2.24) is 5.32 Å². The van der Waals surface area contributed by atoms with Gasteiger partial charge in [-0.1, -0.05) is 6.07 Å². The molecule has 0 aliphatic rings. The molecule has 0 fully saturated rings. The molecule has 0 radical (unpaired) electrons. The summed E-state index contributed by atoms with van der Waals surface area (Å²) in [5.41, 5.74) is 0.534. The fourth-order valence-electron chi connectivity index (χ4n) is 1.86. The summed E-state index contributed by atoms with van der Waals surface area (Å²) in [6.07, 6.45) is 0.975. The van der Waals surface area contributed by atoms with E-state index < -0.39 is 6.10 Å². The van der Waals surface area contributed by atoms with Gasteiger partial charge in [0.2, 0.25) is 0 Å². The molecule has 1 heterocycles. The lowest BCUT2D eigenvalue weighted by molar-refractivity contribution is 0.103. The number of nitrogens with one attached hydrogen (secondary N) is 1. The molecular formula is C16H18N2O3. The summed E-state index contributed by atoms with van der Waals surface area (Å²) in [4.78, 5) is 0. The molecule has 21 heavy (non-hydrogen) atoms. The van der Waals surface area contributed by atoms with Crippen LogP contribution in [0.25, 0.3) is 0 Å². The zero-order chi connectivity index (χ0) is 15.1. The van der Waals surface area contributed by atoms with Crippen LogP contribution >= 0.6 is 0 Å². The van der Waals surface area contributed by atoms with Crippen molar-refractivity contribution in [3.63, 3.8) is 0 Å². The third kappa shape index (κ3) is 4.63. The van der Waals surface area contributed by atoms with Gasteiger partial charge in [-0.25, -0.2) is 0 Å². The number of nitriles is 1. The van der Waals surface area contributed by atoms with E-state index in [1.54, 1.807) is 30.5 Å². The van der Waals surface area contributed by atoms with E-state index in [1.165, 1.54) is 0 Å². The molecule has 1 unspecified atom stereocenters. The summed E-state index contributed by atoms with van der Waals surface area (Å²) in [6.45, 7) is 2.51. The fraction of sp³-hybridized carbons (Fsp3) is 0.312. The monoisotopic (exact) mass is 286 g/mol. The van der Waals surface area contributed by atoms with Crippen molar-refractivity contribution in [2.75, 3.05) is 13.2 Å². The number of hydrogen-bond donors (Lipinski definition) is 2. The van der Waals surface area contributed by atoms with Crippen LogP contribution in [-0.4, -0.2) is 24.4 Å². The maximum Gasteiger partial charge on any atom is 0.120 e. The Morgan fingerprint density at radius 2 is 2.24 bits per heavy atom. The molecule has 110 valence electrons. The molecule has 0 spiro atoms. The van der Waals surface area contributed by atoms with E-state index >= 15 is 0 Å². The molecule has 0 aliphatic carbocycles. The third-order valence-corrected chi connectivity index (χ3v) is 3.04. The maximum absolute atomic E-state index is 9.90. The lowest BCUT2D eigenvalue weighted by atomic mass is 10.2. The van der Waals surface area contributed by atoms with Crippen molar-refractivity contribution < 1.29 is 14.3 Å². The number of aliphatic hydroxyl groups excluding tert-OH is 1. The summed E-state index contributed by atoms with van der Waals surface area (Å²) < 4.78 is 10.7. The number of furan rings is 1. The molecule has 5 heteroatoms. The standard InChI is InChI=1S/C16H18N2O3/c1-12(16-6-3-7-20-16)18-10-14(19)11-21-15-5-2-4-13(8-15)9-17/h2-8,12,14,18-19H,10-11H2,1H3/t12-,14?/m0/s1. The summed E-state index contributed by atoms with van der Waals surface area (Å²) in [5, 5.41) is 21.9. The Bertz CT molecular complexity index is 590. The van der Waals surface area contributed by atoms with Crippen molar-refractivity contribution in [2.45, 2.75) is 19.1 Å². The first-order valence-corrected chi connectivity index (χ1v) is 6.77. The van der Waals surface area contributed by atoms with Crippen LogP contribution in [-0.2, 0) is 0 Å². The summed E-state index contributed by atoms with van der Waals surface area (Å²) in [5.74, 6) is 1.40. The highest BCUT2D eigenvalue weighted by Crippen LogP contribution is 2.14. The molecule has 0 saturated carbocycles. The van der Waals surface area contributed by atoms with Gasteiger partial charge in [-0.05, 0) is 37.3 Å². The first-order chi connectivity index (χ1) is 10.2. The van der Waals surface area contributed by atoms with E-state index in [0.717, 1.165) is 5.76 Å². The van der Waals surface area contributed by atoms with Crippen molar-refractivity contribution >= 4 is 0 Å². The summed E-state index contributed by atoms with van der Waals surface area (Å²) >= 11 is 0. The SMILES string of the molecule is C[C@H](NCC(O)COc1cccc(C#N)c1)c1ccco1. The average Bonchev–Trinajstić information content (AvgIpc) is 3.05. The normalized spacial score (nSPS) is 13.4. The quantitative estimate of drug-likeness (QED) is 0.816. The van der Waals surface area contributed by atoms with E-state index in [2.05, 4.69) is 5.32 Å². The largest absolute Gasteiger partial charge is 0.491 e. The van der Waals surface area contributed by atoms with Gasteiger partial charge in [0.25, 0.3) is 0 Å². The van der Waals surface area contributed by atoms with E-state index in [9.17, 15) is 5.11 Å². The molecule has 2 N–H and O–H groups in total. The van der Waals surface area contributed by atoms with Gasteiger partial charge in [-0.15, -0.1) is 0 Å². The van der Waals surface area contributed by atoms with Crippen LogP contribution < -0.4 is 10.1 Å².